The normalized spacial score (nSPS) is 10.2. The quantitative estimate of drug-likeness (QED) is 0.643. The van der Waals surface area contributed by atoms with Crippen LogP contribution < -0.4 is 11.1 Å². The second-order valence-electron chi connectivity index (χ2n) is 4.43. The van der Waals surface area contributed by atoms with E-state index in [4.69, 9.17) is 5.73 Å². The van der Waals surface area contributed by atoms with Crippen molar-refractivity contribution in [1.29, 1.82) is 0 Å². The minimum Gasteiger partial charge on any atom is -0.378 e. The fourth-order valence-electron chi connectivity index (χ4n) is 1.88. The predicted molar refractivity (Wildman–Crippen MR) is 79.0 cm³/mol. The molecule has 0 saturated carbocycles. The zero-order valence-electron chi connectivity index (χ0n) is 11.2. The van der Waals surface area contributed by atoms with Gasteiger partial charge in [0.2, 0.25) is 5.82 Å². The molecule has 1 aromatic heterocycles. The fraction of sp³-hybridized carbons (Fsp3) is 0.214. The van der Waals surface area contributed by atoms with E-state index in [1.165, 1.54) is 17.7 Å². The van der Waals surface area contributed by atoms with Crippen molar-refractivity contribution in [3.8, 4) is 0 Å². The van der Waals surface area contributed by atoms with E-state index in [0.717, 1.165) is 18.5 Å². The molecular formula is C14H16N4O2. The maximum atomic E-state index is 10.7. The molecule has 1 aromatic carbocycles. The second kappa shape index (κ2) is 6.01. The van der Waals surface area contributed by atoms with Gasteiger partial charge in [-0.1, -0.05) is 25.5 Å². The molecule has 2 rings (SSSR count). The Morgan fingerprint density at radius 1 is 1.25 bits per heavy atom. The maximum absolute atomic E-state index is 10.7. The van der Waals surface area contributed by atoms with Crippen molar-refractivity contribution in [2.75, 3.05) is 11.1 Å². The number of aryl methyl sites for hydroxylation is 1. The van der Waals surface area contributed by atoms with Crippen molar-refractivity contribution < 1.29 is 4.92 Å². The zero-order chi connectivity index (χ0) is 14.5. The number of nitro groups is 1. The van der Waals surface area contributed by atoms with Gasteiger partial charge in [-0.2, -0.15) is 0 Å². The van der Waals surface area contributed by atoms with Gasteiger partial charge in [-0.05, 0) is 30.2 Å². The summed E-state index contributed by atoms with van der Waals surface area (Å²) >= 11 is 0. The van der Waals surface area contributed by atoms with E-state index in [1.54, 1.807) is 0 Å². The largest absolute Gasteiger partial charge is 0.378 e. The molecule has 0 unspecified atom stereocenters. The first kappa shape index (κ1) is 13.8. The van der Waals surface area contributed by atoms with Crippen molar-refractivity contribution in [2.24, 2.45) is 0 Å². The van der Waals surface area contributed by atoms with E-state index >= 15 is 0 Å². The lowest BCUT2D eigenvalue weighted by molar-refractivity contribution is -0.384. The molecule has 0 saturated heterocycles. The first-order valence-corrected chi connectivity index (χ1v) is 6.37. The number of rotatable bonds is 5. The molecule has 0 aliphatic carbocycles. The summed E-state index contributed by atoms with van der Waals surface area (Å²) in [5.74, 6) is 0.388. The van der Waals surface area contributed by atoms with Crippen molar-refractivity contribution >= 4 is 23.0 Å². The molecule has 6 nitrogen and oxygen atoms in total. The average Bonchev–Trinajstić information content (AvgIpc) is 2.41. The highest BCUT2D eigenvalue weighted by molar-refractivity contribution is 5.62. The van der Waals surface area contributed by atoms with Gasteiger partial charge in [-0.25, -0.2) is 4.98 Å². The molecule has 0 fully saturated rings. The van der Waals surface area contributed by atoms with Crippen LogP contribution >= 0.6 is 0 Å². The lowest BCUT2D eigenvalue weighted by atomic mass is 10.1. The Labute approximate surface area is 116 Å². The number of nitrogens with one attached hydrogen (secondary N) is 1. The molecule has 0 radical (unpaired) electrons. The molecule has 104 valence electrons. The van der Waals surface area contributed by atoms with E-state index in [2.05, 4.69) is 17.2 Å². The van der Waals surface area contributed by atoms with Crippen LogP contribution in [0.5, 0.6) is 0 Å². The summed E-state index contributed by atoms with van der Waals surface area (Å²) in [4.78, 5) is 14.1. The molecule has 0 aliphatic heterocycles. The van der Waals surface area contributed by atoms with E-state index in [1.807, 2.05) is 24.3 Å². The number of aromatic nitrogens is 1. The summed E-state index contributed by atoms with van der Waals surface area (Å²) in [5, 5.41) is 13.7. The number of hydrogen-bond acceptors (Lipinski definition) is 5. The molecule has 0 bridgehead atoms. The maximum Gasteiger partial charge on any atom is 0.311 e. The van der Waals surface area contributed by atoms with Gasteiger partial charge in [0.05, 0.1) is 4.92 Å². The minimum atomic E-state index is -0.550. The van der Waals surface area contributed by atoms with Crippen LogP contribution in [-0.2, 0) is 6.42 Å². The Balaban J connectivity index is 2.13. The SMILES string of the molecule is CCCc1ccc(Nc2ccc([N+](=O)[O-])c(N)n2)cc1. The fourth-order valence-corrected chi connectivity index (χ4v) is 1.88. The number of pyridine rings is 1. The molecule has 0 spiro atoms. The first-order chi connectivity index (χ1) is 9.60. The molecule has 3 N–H and O–H groups in total. The van der Waals surface area contributed by atoms with Crippen LogP contribution in [0.3, 0.4) is 0 Å². The molecule has 0 atom stereocenters. The van der Waals surface area contributed by atoms with E-state index in [-0.39, 0.29) is 11.5 Å². The number of nitrogens with zero attached hydrogens (tertiary/aromatic N) is 2. The summed E-state index contributed by atoms with van der Waals surface area (Å²) < 4.78 is 0. The van der Waals surface area contributed by atoms with Gasteiger partial charge in [0.15, 0.2) is 0 Å². The monoisotopic (exact) mass is 272 g/mol. The molecule has 2 aromatic rings. The van der Waals surface area contributed by atoms with Gasteiger partial charge >= 0.3 is 5.69 Å². The molecule has 0 amide bonds. The van der Waals surface area contributed by atoms with Crippen molar-refractivity contribution in [2.45, 2.75) is 19.8 Å². The van der Waals surface area contributed by atoms with E-state index in [0.29, 0.717) is 5.82 Å². The number of hydrogen-bond donors (Lipinski definition) is 2. The molecule has 20 heavy (non-hydrogen) atoms. The lowest BCUT2D eigenvalue weighted by Crippen LogP contribution is -2.01. The Morgan fingerprint density at radius 2 is 1.95 bits per heavy atom. The summed E-state index contributed by atoms with van der Waals surface area (Å²) in [7, 11) is 0. The van der Waals surface area contributed by atoms with Crippen LogP contribution in [0.15, 0.2) is 36.4 Å². The smallest absolute Gasteiger partial charge is 0.311 e. The summed E-state index contributed by atoms with van der Waals surface area (Å²) in [6, 6.07) is 10.9. The number of benzene rings is 1. The zero-order valence-corrected chi connectivity index (χ0v) is 11.2. The van der Waals surface area contributed by atoms with Gasteiger partial charge < -0.3 is 11.1 Å². The van der Waals surface area contributed by atoms with Crippen LogP contribution in [0, 0.1) is 10.1 Å². The Hall–Kier alpha value is -2.63. The van der Waals surface area contributed by atoms with Crippen LogP contribution in [0.4, 0.5) is 23.0 Å². The minimum absolute atomic E-state index is 0.0948. The van der Waals surface area contributed by atoms with Crippen LogP contribution in [0.25, 0.3) is 0 Å². The first-order valence-electron chi connectivity index (χ1n) is 6.37. The van der Waals surface area contributed by atoms with Crippen LogP contribution in [0.1, 0.15) is 18.9 Å². The van der Waals surface area contributed by atoms with Gasteiger partial charge in [0.25, 0.3) is 0 Å². The lowest BCUT2D eigenvalue weighted by Gasteiger charge is -2.07. The Bertz CT molecular complexity index is 611. The Morgan fingerprint density at radius 3 is 2.50 bits per heavy atom. The topological polar surface area (TPSA) is 94.1 Å². The molecule has 6 heteroatoms. The summed E-state index contributed by atoms with van der Waals surface area (Å²) in [6.45, 7) is 2.13. The third-order valence-corrected chi connectivity index (χ3v) is 2.86. The van der Waals surface area contributed by atoms with Crippen molar-refractivity contribution in [1.82, 2.24) is 4.98 Å². The summed E-state index contributed by atoms with van der Waals surface area (Å²) in [5.41, 5.74) is 7.50. The van der Waals surface area contributed by atoms with Crippen LogP contribution in [0.2, 0.25) is 0 Å². The van der Waals surface area contributed by atoms with Gasteiger partial charge in [-0.3, -0.25) is 10.1 Å². The molecule has 0 aliphatic rings. The standard InChI is InChI=1S/C14H16N4O2/c1-2-3-10-4-6-11(7-5-10)16-13-9-8-12(18(19)20)14(15)17-13/h4-9H,2-3H2,1H3,(H3,15,16,17). The Kier molecular flexibility index (Phi) is 4.14. The molecule has 1 heterocycles. The third kappa shape index (κ3) is 3.23. The van der Waals surface area contributed by atoms with Crippen molar-refractivity contribution in [3.63, 3.8) is 0 Å². The highest BCUT2D eigenvalue weighted by Crippen LogP contribution is 2.23. The second-order valence-corrected chi connectivity index (χ2v) is 4.43. The highest BCUT2D eigenvalue weighted by atomic mass is 16.6. The summed E-state index contributed by atoms with van der Waals surface area (Å²) in [6.07, 6.45) is 2.15. The van der Waals surface area contributed by atoms with Gasteiger partial charge in [0.1, 0.15) is 5.82 Å². The van der Waals surface area contributed by atoms with Gasteiger partial charge in [0, 0.05) is 11.8 Å². The van der Waals surface area contributed by atoms with Crippen LogP contribution in [-0.4, -0.2) is 9.91 Å². The number of nitrogen functional groups attached to an aromatic ring is 1. The third-order valence-electron chi connectivity index (χ3n) is 2.86. The van der Waals surface area contributed by atoms with Crippen molar-refractivity contribution in [3.05, 3.63) is 52.1 Å². The van der Waals surface area contributed by atoms with E-state index in [9.17, 15) is 10.1 Å². The predicted octanol–water partition coefficient (Wildman–Crippen LogP) is 3.27. The number of nitrogens with two attached hydrogens (primary N) is 1. The van der Waals surface area contributed by atoms with Gasteiger partial charge in [-0.15, -0.1) is 0 Å². The molecular weight excluding hydrogens is 256 g/mol. The highest BCUT2D eigenvalue weighted by Gasteiger charge is 2.12. The number of anilines is 3. The average molecular weight is 272 g/mol. The van der Waals surface area contributed by atoms with E-state index < -0.39 is 4.92 Å².